The number of aryl methyl sites for hydroxylation is 1. The molecule has 3 aromatic rings. The average Bonchev–Trinajstić information content (AvgIpc) is 3.25. The number of aromatic nitrogens is 5. The zero-order valence-corrected chi connectivity index (χ0v) is 16.0. The quantitative estimate of drug-likeness (QED) is 0.725. The predicted octanol–water partition coefficient (Wildman–Crippen LogP) is 2.92. The predicted molar refractivity (Wildman–Crippen MR) is 104 cm³/mol. The van der Waals surface area contributed by atoms with Crippen molar-refractivity contribution in [2.24, 2.45) is 12.5 Å². The van der Waals surface area contributed by atoms with Crippen LogP contribution in [-0.4, -0.2) is 36.4 Å². The number of carbonyl (C=O) groups is 1. The van der Waals surface area contributed by atoms with Crippen LogP contribution < -0.4 is 10.6 Å². The molecule has 3 rings (SSSR count). The summed E-state index contributed by atoms with van der Waals surface area (Å²) >= 11 is 0. The standard InChI is InChI=1S/C19H25N7O/c1-19(2,3)16(12-26-9-8-21-13-26)22-18(27)23-17-10-15(24-25(17)4)14-6-5-7-20-11-14/h5-11,13,16H,12H2,1-4H3,(H2,22,23,27)/t16-/m1/s1. The van der Waals surface area contributed by atoms with E-state index in [1.807, 2.05) is 29.0 Å². The highest BCUT2D eigenvalue weighted by Crippen LogP contribution is 2.22. The van der Waals surface area contributed by atoms with Gasteiger partial charge in [0, 0.05) is 50.0 Å². The summed E-state index contributed by atoms with van der Waals surface area (Å²) in [6.07, 6.45) is 8.83. The van der Waals surface area contributed by atoms with Gasteiger partial charge in [0.2, 0.25) is 0 Å². The van der Waals surface area contributed by atoms with Crippen LogP contribution in [0.25, 0.3) is 11.3 Å². The van der Waals surface area contributed by atoms with Gasteiger partial charge < -0.3 is 9.88 Å². The molecule has 0 bridgehead atoms. The Morgan fingerprint density at radius 3 is 2.70 bits per heavy atom. The van der Waals surface area contributed by atoms with Crippen molar-refractivity contribution in [1.29, 1.82) is 0 Å². The first-order valence-corrected chi connectivity index (χ1v) is 8.80. The van der Waals surface area contributed by atoms with Crippen molar-refractivity contribution in [3.63, 3.8) is 0 Å². The number of hydrogen-bond acceptors (Lipinski definition) is 4. The first-order chi connectivity index (χ1) is 12.8. The van der Waals surface area contributed by atoms with Crippen molar-refractivity contribution in [2.75, 3.05) is 5.32 Å². The highest BCUT2D eigenvalue weighted by molar-refractivity contribution is 5.89. The molecule has 0 saturated heterocycles. The highest BCUT2D eigenvalue weighted by Gasteiger charge is 2.27. The van der Waals surface area contributed by atoms with Crippen LogP contribution in [0.4, 0.5) is 10.6 Å². The minimum atomic E-state index is -0.268. The summed E-state index contributed by atoms with van der Waals surface area (Å²) in [5.74, 6) is 0.613. The fourth-order valence-electron chi connectivity index (χ4n) is 2.69. The maximum atomic E-state index is 12.6. The third kappa shape index (κ3) is 4.72. The molecule has 0 radical (unpaired) electrons. The summed E-state index contributed by atoms with van der Waals surface area (Å²) in [4.78, 5) is 20.8. The SMILES string of the molecule is Cn1nc(-c2cccnc2)cc1NC(=O)N[C@H](Cn1ccnc1)C(C)(C)C. The summed E-state index contributed by atoms with van der Waals surface area (Å²) in [5.41, 5.74) is 1.54. The lowest BCUT2D eigenvalue weighted by Gasteiger charge is -2.31. The number of rotatable bonds is 5. The molecule has 3 heterocycles. The monoisotopic (exact) mass is 367 g/mol. The molecule has 0 fully saturated rings. The van der Waals surface area contributed by atoms with Gasteiger partial charge in [-0.1, -0.05) is 20.8 Å². The maximum Gasteiger partial charge on any atom is 0.320 e. The number of urea groups is 1. The number of pyridine rings is 1. The van der Waals surface area contributed by atoms with E-state index in [1.54, 1.807) is 36.6 Å². The zero-order chi connectivity index (χ0) is 19.4. The number of anilines is 1. The van der Waals surface area contributed by atoms with Crippen LogP contribution in [0.5, 0.6) is 0 Å². The Hall–Kier alpha value is -3.16. The summed E-state index contributed by atoms with van der Waals surface area (Å²) in [5, 5.41) is 10.4. The highest BCUT2D eigenvalue weighted by atomic mass is 16.2. The zero-order valence-electron chi connectivity index (χ0n) is 16.0. The second-order valence-corrected chi connectivity index (χ2v) is 7.56. The molecular weight excluding hydrogens is 342 g/mol. The number of amides is 2. The van der Waals surface area contributed by atoms with Crippen LogP contribution in [0.2, 0.25) is 0 Å². The Kier molecular flexibility index (Phi) is 5.25. The third-order valence-corrected chi connectivity index (χ3v) is 4.38. The van der Waals surface area contributed by atoms with E-state index in [4.69, 9.17) is 0 Å². The number of carbonyl (C=O) groups excluding carboxylic acids is 1. The van der Waals surface area contributed by atoms with Crippen molar-refractivity contribution in [3.05, 3.63) is 49.3 Å². The molecule has 3 aromatic heterocycles. The number of nitrogens with zero attached hydrogens (tertiary/aromatic N) is 5. The molecule has 0 aliphatic rings. The van der Waals surface area contributed by atoms with Crippen LogP contribution >= 0.6 is 0 Å². The molecule has 142 valence electrons. The third-order valence-electron chi connectivity index (χ3n) is 4.38. The Bertz CT molecular complexity index is 879. The number of nitrogens with one attached hydrogen (secondary N) is 2. The van der Waals surface area contributed by atoms with E-state index in [0.717, 1.165) is 11.3 Å². The first-order valence-electron chi connectivity index (χ1n) is 8.80. The molecule has 0 aliphatic heterocycles. The largest absolute Gasteiger partial charge is 0.335 e. The lowest BCUT2D eigenvalue weighted by atomic mass is 9.86. The second-order valence-electron chi connectivity index (χ2n) is 7.56. The molecule has 2 amide bonds. The molecule has 0 unspecified atom stereocenters. The van der Waals surface area contributed by atoms with Gasteiger partial charge in [-0.3, -0.25) is 15.0 Å². The van der Waals surface area contributed by atoms with Crippen molar-refractivity contribution in [2.45, 2.75) is 33.4 Å². The average molecular weight is 367 g/mol. The van der Waals surface area contributed by atoms with Gasteiger partial charge >= 0.3 is 6.03 Å². The van der Waals surface area contributed by atoms with Crippen molar-refractivity contribution in [3.8, 4) is 11.3 Å². The van der Waals surface area contributed by atoms with Gasteiger partial charge in [0.1, 0.15) is 5.82 Å². The molecule has 1 atom stereocenters. The molecule has 0 aliphatic carbocycles. The molecule has 2 N–H and O–H groups in total. The molecule has 0 aromatic carbocycles. The smallest absolute Gasteiger partial charge is 0.320 e. The minimum Gasteiger partial charge on any atom is -0.335 e. The molecule has 8 nitrogen and oxygen atoms in total. The molecule has 8 heteroatoms. The van der Waals surface area contributed by atoms with Gasteiger partial charge in [0.05, 0.1) is 18.1 Å². The van der Waals surface area contributed by atoms with Crippen LogP contribution in [0.1, 0.15) is 20.8 Å². The molecule has 27 heavy (non-hydrogen) atoms. The van der Waals surface area contributed by atoms with Gasteiger partial charge in [0.25, 0.3) is 0 Å². The van der Waals surface area contributed by atoms with E-state index in [-0.39, 0.29) is 17.5 Å². The Balaban J connectivity index is 1.70. The fourth-order valence-corrected chi connectivity index (χ4v) is 2.69. The summed E-state index contributed by atoms with van der Waals surface area (Å²) < 4.78 is 3.60. The van der Waals surface area contributed by atoms with E-state index < -0.39 is 0 Å². The second kappa shape index (κ2) is 7.61. The van der Waals surface area contributed by atoms with E-state index >= 15 is 0 Å². The van der Waals surface area contributed by atoms with Gasteiger partial charge in [-0.15, -0.1) is 0 Å². The molecule has 0 saturated carbocycles. The van der Waals surface area contributed by atoms with Crippen LogP contribution in [0, 0.1) is 5.41 Å². The minimum absolute atomic E-state index is 0.0716. The van der Waals surface area contributed by atoms with Crippen molar-refractivity contribution < 1.29 is 4.79 Å². The Morgan fingerprint density at radius 1 is 1.26 bits per heavy atom. The maximum absolute atomic E-state index is 12.6. The van der Waals surface area contributed by atoms with Gasteiger partial charge in [-0.25, -0.2) is 9.78 Å². The van der Waals surface area contributed by atoms with Gasteiger partial charge in [-0.2, -0.15) is 5.10 Å². The fraction of sp³-hybridized carbons (Fsp3) is 0.368. The Labute approximate surface area is 158 Å². The lowest BCUT2D eigenvalue weighted by molar-refractivity contribution is 0.218. The molecular formula is C19H25N7O. The van der Waals surface area contributed by atoms with E-state index in [0.29, 0.717) is 12.4 Å². The summed E-state index contributed by atoms with van der Waals surface area (Å²) in [6.45, 7) is 6.93. The topological polar surface area (TPSA) is 89.7 Å². The van der Waals surface area contributed by atoms with E-state index in [2.05, 4.69) is 46.5 Å². The van der Waals surface area contributed by atoms with Crippen molar-refractivity contribution in [1.82, 2.24) is 29.6 Å². The lowest BCUT2D eigenvalue weighted by Crippen LogP contribution is -2.48. The van der Waals surface area contributed by atoms with Crippen molar-refractivity contribution >= 4 is 11.8 Å². The van der Waals surface area contributed by atoms with Crippen LogP contribution in [0.3, 0.4) is 0 Å². The van der Waals surface area contributed by atoms with Gasteiger partial charge in [-0.05, 0) is 17.5 Å². The normalized spacial score (nSPS) is 12.6. The van der Waals surface area contributed by atoms with E-state index in [9.17, 15) is 4.79 Å². The summed E-state index contributed by atoms with van der Waals surface area (Å²) in [7, 11) is 1.79. The van der Waals surface area contributed by atoms with Crippen LogP contribution in [-0.2, 0) is 13.6 Å². The first kappa shape index (κ1) is 18.6. The Morgan fingerprint density at radius 2 is 2.07 bits per heavy atom. The van der Waals surface area contributed by atoms with Crippen LogP contribution in [0.15, 0.2) is 49.3 Å². The summed E-state index contributed by atoms with van der Waals surface area (Å²) in [6, 6.07) is 5.28. The van der Waals surface area contributed by atoms with E-state index in [1.165, 1.54) is 0 Å². The molecule has 0 spiro atoms. The van der Waals surface area contributed by atoms with Gasteiger partial charge in [0.15, 0.2) is 0 Å². The number of imidazole rings is 1. The number of hydrogen-bond donors (Lipinski definition) is 2.